The van der Waals surface area contributed by atoms with Crippen molar-refractivity contribution in [3.63, 3.8) is 0 Å². The number of benzene rings is 2. The molecule has 3 rings (SSSR count). The first-order valence-electron chi connectivity index (χ1n) is 11.2. The fourth-order valence-corrected chi connectivity index (χ4v) is 3.63. The number of carbonyl (C=O) groups is 2. The van der Waals surface area contributed by atoms with Gasteiger partial charge in [0.1, 0.15) is 6.61 Å². The van der Waals surface area contributed by atoms with Crippen molar-refractivity contribution in [2.45, 2.75) is 46.3 Å². The molecule has 0 aliphatic rings. The predicted molar refractivity (Wildman–Crippen MR) is 133 cm³/mol. The van der Waals surface area contributed by atoms with Gasteiger partial charge in [0.15, 0.2) is 5.69 Å². The van der Waals surface area contributed by atoms with Crippen LogP contribution in [0.25, 0.3) is 5.69 Å². The van der Waals surface area contributed by atoms with E-state index in [4.69, 9.17) is 16.3 Å². The second-order valence-electron chi connectivity index (χ2n) is 9.40. The zero-order valence-corrected chi connectivity index (χ0v) is 20.9. The number of carboxylic acid groups (broad SMARTS) is 1. The summed E-state index contributed by atoms with van der Waals surface area (Å²) in [5.74, 6) is -1.39. The Morgan fingerprint density at radius 3 is 2.43 bits per heavy atom. The van der Waals surface area contributed by atoms with Crippen molar-refractivity contribution in [2.75, 3.05) is 6.61 Å². The van der Waals surface area contributed by atoms with Gasteiger partial charge in [0.05, 0.1) is 29.3 Å². The Kier molecular flexibility index (Phi) is 8.19. The van der Waals surface area contributed by atoms with Gasteiger partial charge < -0.3 is 20.3 Å². The van der Waals surface area contributed by atoms with Crippen LogP contribution in [0.3, 0.4) is 0 Å². The van der Waals surface area contributed by atoms with Crippen LogP contribution >= 0.6 is 11.6 Å². The van der Waals surface area contributed by atoms with Gasteiger partial charge in [0.2, 0.25) is 5.88 Å². The lowest BCUT2D eigenvalue weighted by Gasteiger charge is -2.25. The first kappa shape index (κ1) is 26.2. The molecule has 2 aromatic carbocycles. The third-order valence-electron chi connectivity index (χ3n) is 5.63. The van der Waals surface area contributed by atoms with E-state index in [0.717, 1.165) is 5.56 Å². The standard InChI is InChI=1S/C26H30ClN3O5/c1-16-9-5-6-10-17(16)19(14-24(32)33)28-25(34)20-13-23(35-15-22(31)26(2,3)4)30(29-20)21-12-8-7-11-18(21)27/h5-13,19,22,31H,14-15H2,1-4H3,(H,28,34)(H,32,33)/t19-,22-/m0/s1. The number of hydrogen-bond acceptors (Lipinski definition) is 5. The molecule has 0 unspecified atom stereocenters. The van der Waals surface area contributed by atoms with Gasteiger partial charge in [0.25, 0.3) is 5.91 Å². The number of rotatable bonds is 9. The molecular formula is C26H30ClN3O5. The highest BCUT2D eigenvalue weighted by molar-refractivity contribution is 6.32. The van der Waals surface area contributed by atoms with Gasteiger partial charge in [-0.1, -0.05) is 68.8 Å². The normalized spacial score (nSPS) is 13.2. The molecule has 186 valence electrons. The van der Waals surface area contributed by atoms with Crippen molar-refractivity contribution >= 4 is 23.5 Å². The molecule has 2 atom stereocenters. The molecular weight excluding hydrogens is 470 g/mol. The molecule has 8 nitrogen and oxygen atoms in total. The second kappa shape index (κ2) is 10.9. The molecule has 0 aliphatic heterocycles. The number of carbonyl (C=O) groups excluding carboxylic acids is 1. The largest absolute Gasteiger partial charge is 0.481 e. The van der Waals surface area contributed by atoms with Crippen LogP contribution in [0.15, 0.2) is 54.6 Å². The average Bonchev–Trinajstić information content (AvgIpc) is 3.21. The van der Waals surface area contributed by atoms with Crippen molar-refractivity contribution in [2.24, 2.45) is 5.41 Å². The molecule has 0 fully saturated rings. The third-order valence-corrected chi connectivity index (χ3v) is 5.95. The maximum absolute atomic E-state index is 13.2. The molecule has 9 heteroatoms. The lowest BCUT2D eigenvalue weighted by molar-refractivity contribution is -0.137. The second-order valence-corrected chi connectivity index (χ2v) is 9.81. The number of aliphatic hydroxyl groups is 1. The van der Waals surface area contributed by atoms with Crippen molar-refractivity contribution < 1.29 is 24.5 Å². The fourth-order valence-electron chi connectivity index (χ4n) is 3.41. The van der Waals surface area contributed by atoms with E-state index in [1.54, 1.807) is 36.4 Å². The lowest BCUT2D eigenvalue weighted by atomic mass is 9.90. The molecule has 35 heavy (non-hydrogen) atoms. The molecule has 0 saturated heterocycles. The highest BCUT2D eigenvalue weighted by atomic mass is 35.5. The van der Waals surface area contributed by atoms with E-state index in [0.29, 0.717) is 16.3 Å². The van der Waals surface area contributed by atoms with Crippen LogP contribution < -0.4 is 10.1 Å². The van der Waals surface area contributed by atoms with Crippen LogP contribution in [0.4, 0.5) is 0 Å². The minimum absolute atomic E-state index is 0.0223. The summed E-state index contributed by atoms with van der Waals surface area (Å²) in [6, 6.07) is 14.9. The maximum atomic E-state index is 13.2. The van der Waals surface area contributed by atoms with Gasteiger partial charge in [-0.05, 0) is 35.6 Å². The van der Waals surface area contributed by atoms with Crippen LogP contribution in [-0.2, 0) is 4.79 Å². The Morgan fingerprint density at radius 1 is 1.14 bits per heavy atom. The van der Waals surface area contributed by atoms with Gasteiger partial charge in [-0.25, -0.2) is 0 Å². The van der Waals surface area contributed by atoms with Crippen LogP contribution in [-0.4, -0.2) is 44.6 Å². The number of hydrogen-bond donors (Lipinski definition) is 3. The summed E-state index contributed by atoms with van der Waals surface area (Å²) in [6.45, 7) is 7.50. The minimum Gasteiger partial charge on any atom is -0.481 e. The van der Waals surface area contributed by atoms with E-state index < -0.39 is 29.4 Å². The van der Waals surface area contributed by atoms with Crippen molar-refractivity contribution in [1.82, 2.24) is 15.1 Å². The maximum Gasteiger partial charge on any atom is 0.305 e. The molecule has 0 bridgehead atoms. The van der Waals surface area contributed by atoms with E-state index in [-0.39, 0.29) is 24.6 Å². The Bertz CT molecular complexity index is 1200. The van der Waals surface area contributed by atoms with E-state index in [9.17, 15) is 19.8 Å². The van der Waals surface area contributed by atoms with Gasteiger partial charge in [-0.2, -0.15) is 9.78 Å². The number of amides is 1. The van der Waals surface area contributed by atoms with Crippen LogP contribution in [0.2, 0.25) is 5.02 Å². The molecule has 1 amide bonds. The van der Waals surface area contributed by atoms with Crippen LogP contribution in [0, 0.1) is 12.3 Å². The number of ether oxygens (including phenoxy) is 1. The topological polar surface area (TPSA) is 114 Å². The van der Waals surface area contributed by atoms with Crippen molar-refractivity contribution in [3.8, 4) is 11.6 Å². The van der Waals surface area contributed by atoms with Crippen molar-refractivity contribution in [1.29, 1.82) is 0 Å². The monoisotopic (exact) mass is 499 g/mol. The summed E-state index contributed by atoms with van der Waals surface area (Å²) in [4.78, 5) is 24.7. The number of aliphatic hydroxyl groups excluding tert-OH is 1. The number of carboxylic acids is 1. The first-order chi connectivity index (χ1) is 16.5. The smallest absolute Gasteiger partial charge is 0.305 e. The minimum atomic E-state index is -1.04. The number of nitrogens with one attached hydrogen (secondary N) is 1. The summed E-state index contributed by atoms with van der Waals surface area (Å²) in [7, 11) is 0. The number of aliphatic carboxylic acids is 1. The zero-order valence-electron chi connectivity index (χ0n) is 20.2. The Labute approximate surface area is 209 Å². The highest BCUT2D eigenvalue weighted by Gasteiger charge is 2.26. The summed E-state index contributed by atoms with van der Waals surface area (Å²) < 4.78 is 7.25. The molecule has 1 aromatic heterocycles. The third kappa shape index (κ3) is 6.61. The number of halogens is 1. The fraction of sp³-hybridized carbons (Fsp3) is 0.346. The molecule has 3 N–H and O–H groups in total. The molecule has 0 aliphatic carbocycles. The van der Waals surface area contributed by atoms with Gasteiger partial charge in [-0.3, -0.25) is 9.59 Å². The van der Waals surface area contributed by atoms with E-state index in [1.165, 1.54) is 10.7 Å². The summed E-state index contributed by atoms with van der Waals surface area (Å²) >= 11 is 6.36. The van der Waals surface area contributed by atoms with Crippen LogP contribution in [0.5, 0.6) is 5.88 Å². The van der Waals surface area contributed by atoms with Gasteiger partial charge in [0, 0.05) is 6.07 Å². The number of nitrogens with zero attached hydrogens (tertiary/aromatic N) is 2. The molecule has 3 aromatic rings. The van der Waals surface area contributed by atoms with Gasteiger partial charge >= 0.3 is 5.97 Å². The molecule has 0 saturated carbocycles. The lowest BCUT2D eigenvalue weighted by Crippen LogP contribution is -2.32. The van der Waals surface area contributed by atoms with E-state index in [2.05, 4.69) is 10.4 Å². The quantitative estimate of drug-likeness (QED) is 0.397. The van der Waals surface area contributed by atoms with Crippen molar-refractivity contribution in [3.05, 3.63) is 76.4 Å². The Hall–Kier alpha value is -3.36. The number of aromatic nitrogens is 2. The summed E-state index contributed by atoms with van der Waals surface area (Å²) in [6.07, 6.45) is -1.06. The molecule has 0 radical (unpaired) electrons. The molecule has 0 spiro atoms. The highest BCUT2D eigenvalue weighted by Crippen LogP contribution is 2.28. The van der Waals surface area contributed by atoms with E-state index in [1.807, 2.05) is 39.8 Å². The molecule has 1 heterocycles. The first-order valence-corrected chi connectivity index (χ1v) is 11.6. The Morgan fingerprint density at radius 2 is 1.80 bits per heavy atom. The van der Waals surface area contributed by atoms with Gasteiger partial charge in [-0.15, -0.1) is 0 Å². The van der Waals surface area contributed by atoms with E-state index >= 15 is 0 Å². The zero-order chi connectivity index (χ0) is 25.8. The summed E-state index contributed by atoms with van der Waals surface area (Å²) in [5, 5.41) is 27.4. The number of para-hydroxylation sites is 1. The summed E-state index contributed by atoms with van der Waals surface area (Å²) in [5.41, 5.74) is 1.68. The Balaban J connectivity index is 1.94. The predicted octanol–water partition coefficient (Wildman–Crippen LogP) is 4.57. The SMILES string of the molecule is Cc1ccccc1[C@H](CC(=O)O)NC(=O)c1cc(OC[C@H](O)C(C)(C)C)n(-c2ccccc2Cl)n1. The number of aryl methyl sites for hydroxylation is 1. The average molecular weight is 500 g/mol. The van der Waals surface area contributed by atoms with Crippen LogP contribution in [0.1, 0.15) is 54.8 Å².